The lowest BCUT2D eigenvalue weighted by Gasteiger charge is -2.03. The van der Waals surface area contributed by atoms with Crippen molar-refractivity contribution in [2.45, 2.75) is 6.92 Å². The molecule has 0 aliphatic heterocycles. The zero-order valence-corrected chi connectivity index (χ0v) is 11.1. The van der Waals surface area contributed by atoms with Crippen LogP contribution in [0.5, 0.6) is 0 Å². The Morgan fingerprint density at radius 1 is 1.53 bits per heavy atom. The van der Waals surface area contributed by atoms with E-state index in [1.807, 2.05) is 13.0 Å². The Kier molecular flexibility index (Phi) is 4.29. The van der Waals surface area contributed by atoms with Crippen molar-refractivity contribution in [3.8, 4) is 11.8 Å². The number of benzene rings is 1. The summed E-state index contributed by atoms with van der Waals surface area (Å²) in [5.74, 6) is 5.17. The Balaban J connectivity index is 2.13. The number of amides is 1. The van der Waals surface area contributed by atoms with Gasteiger partial charge in [-0.25, -0.2) is 4.98 Å². The fraction of sp³-hybridized carbons (Fsp3) is 0.143. The topological polar surface area (TPSA) is 62.2 Å². The number of rotatable bonds is 2. The molecule has 0 fully saturated rings. The average Bonchev–Trinajstić information content (AvgIpc) is 2.83. The van der Waals surface area contributed by atoms with Crippen molar-refractivity contribution in [2.75, 3.05) is 11.9 Å². The number of anilines is 1. The fourth-order valence-corrected chi connectivity index (χ4v) is 2.15. The molecule has 0 bridgehead atoms. The number of aromatic nitrogens is 1. The van der Waals surface area contributed by atoms with Crippen LogP contribution >= 0.6 is 11.3 Å². The largest absolute Gasteiger partial charge is 0.384 e. The molecule has 0 spiro atoms. The highest BCUT2D eigenvalue weighted by molar-refractivity contribution is 7.13. The molecule has 1 heterocycles. The number of nitrogens with zero attached hydrogens (tertiary/aromatic N) is 1. The van der Waals surface area contributed by atoms with Crippen molar-refractivity contribution in [3.63, 3.8) is 0 Å². The van der Waals surface area contributed by atoms with Gasteiger partial charge in [0.05, 0.1) is 11.2 Å². The van der Waals surface area contributed by atoms with Crippen LogP contribution in [0.4, 0.5) is 5.69 Å². The highest BCUT2D eigenvalue weighted by atomic mass is 32.1. The molecule has 96 valence electrons. The molecule has 19 heavy (non-hydrogen) atoms. The highest BCUT2D eigenvalue weighted by Crippen LogP contribution is 2.15. The molecule has 0 atom stereocenters. The maximum atomic E-state index is 11.9. The number of hydrogen-bond donors (Lipinski definition) is 2. The molecule has 2 aromatic rings. The lowest BCUT2D eigenvalue weighted by molar-refractivity contribution is 0.103. The van der Waals surface area contributed by atoms with E-state index in [1.54, 1.807) is 24.4 Å². The molecule has 0 saturated heterocycles. The summed E-state index contributed by atoms with van der Waals surface area (Å²) < 4.78 is 0. The quantitative estimate of drug-likeness (QED) is 0.822. The molecule has 1 aromatic heterocycles. The molecule has 2 N–H and O–H groups in total. The van der Waals surface area contributed by atoms with Gasteiger partial charge in [-0.3, -0.25) is 4.79 Å². The van der Waals surface area contributed by atoms with E-state index in [1.165, 1.54) is 11.3 Å². The minimum absolute atomic E-state index is 0.183. The summed E-state index contributed by atoms with van der Waals surface area (Å²) in [5.41, 5.74) is 1.41. The van der Waals surface area contributed by atoms with Crippen molar-refractivity contribution in [3.05, 3.63) is 45.9 Å². The summed E-state index contributed by atoms with van der Waals surface area (Å²) in [6.07, 6.45) is 1.56. The highest BCUT2D eigenvalue weighted by Gasteiger charge is 2.09. The average molecular weight is 272 g/mol. The van der Waals surface area contributed by atoms with Crippen molar-refractivity contribution in [1.82, 2.24) is 4.98 Å². The Labute approximate surface area is 115 Å². The van der Waals surface area contributed by atoms with Gasteiger partial charge >= 0.3 is 0 Å². The van der Waals surface area contributed by atoms with Crippen molar-refractivity contribution in [1.29, 1.82) is 0 Å². The molecular formula is C14H12N2O2S. The Morgan fingerprint density at radius 2 is 2.37 bits per heavy atom. The van der Waals surface area contributed by atoms with Gasteiger partial charge in [-0.05, 0) is 25.1 Å². The van der Waals surface area contributed by atoms with E-state index in [-0.39, 0.29) is 12.5 Å². The van der Waals surface area contributed by atoms with Crippen LogP contribution in [0.3, 0.4) is 0 Å². The van der Waals surface area contributed by atoms with Crippen LogP contribution in [-0.2, 0) is 0 Å². The SMILES string of the molecule is Cc1ncc(C(=O)Nc2cccc(C#CCO)c2)s1. The Bertz CT molecular complexity index is 653. The van der Waals surface area contributed by atoms with E-state index < -0.39 is 0 Å². The number of carbonyl (C=O) groups excluding carboxylic acids is 1. The van der Waals surface area contributed by atoms with Gasteiger partial charge in [0.15, 0.2) is 0 Å². The third-order valence-electron chi connectivity index (χ3n) is 2.28. The molecule has 1 aromatic carbocycles. The number of aliphatic hydroxyl groups excluding tert-OH is 1. The van der Waals surface area contributed by atoms with E-state index in [4.69, 9.17) is 5.11 Å². The summed E-state index contributed by atoms with van der Waals surface area (Å²) in [7, 11) is 0. The molecule has 2 rings (SSSR count). The number of nitrogens with one attached hydrogen (secondary N) is 1. The molecule has 1 amide bonds. The molecular weight excluding hydrogens is 260 g/mol. The predicted molar refractivity (Wildman–Crippen MR) is 75.2 cm³/mol. The lowest BCUT2D eigenvalue weighted by Crippen LogP contribution is -2.10. The number of aliphatic hydroxyl groups is 1. The van der Waals surface area contributed by atoms with Gasteiger partial charge in [0.1, 0.15) is 11.5 Å². The summed E-state index contributed by atoms with van der Waals surface area (Å²) in [6.45, 7) is 1.67. The normalized spacial score (nSPS) is 9.58. The number of aryl methyl sites for hydroxylation is 1. The molecule has 0 saturated carbocycles. The number of carbonyl (C=O) groups is 1. The third kappa shape index (κ3) is 3.65. The maximum absolute atomic E-state index is 11.9. The molecule has 4 nitrogen and oxygen atoms in total. The van der Waals surface area contributed by atoms with Gasteiger partial charge in [-0.15, -0.1) is 11.3 Å². The van der Waals surface area contributed by atoms with Gasteiger partial charge in [0.2, 0.25) is 0 Å². The summed E-state index contributed by atoms with van der Waals surface area (Å²) >= 11 is 1.35. The van der Waals surface area contributed by atoms with Crippen LogP contribution in [0.15, 0.2) is 30.5 Å². The fourth-order valence-electron chi connectivity index (χ4n) is 1.48. The van der Waals surface area contributed by atoms with Crippen molar-refractivity contribution >= 4 is 22.9 Å². The van der Waals surface area contributed by atoms with Crippen LogP contribution in [0.1, 0.15) is 20.2 Å². The van der Waals surface area contributed by atoms with E-state index >= 15 is 0 Å². The second kappa shape index (κ2) is 6.14. The second-order valence-electron chi connectivity index (χ2n) is 3.74. The first-order valence-corrected chi connectivity index (χ1v) is 6.44. The first-order chi connectivity index (χ1) is 9.19. The van der Waals surface area contributed by atoms with Crippen molar-refractivity contribution < 1.29 is 9.90 Å². The summed E-state index contributed by atoms with van der Waals surface area (Å²) in [4.78, 5) is 16.6. The minimum Gasteiger partial charge on any atom is -0.384 e. The predicted octanol–water partition coefficient (Wildman–Crippen LogP) is 2.05. The molecule has 0 radical (unpaired) electrons. The van der Waals surface area contributed by atoms with E-state index in [0.717, 1.165) is 10.6 Å². The van der Waals surface area contributed by atoms with Gasteiger partial charge in [-0.2, -0.15) is 0 Å². The lowest BCUT2D eigenvalue weighted by atomic mass is 10.2. The summed E-state index contributed by atoms with van der Waals surface area (Å²) in [6, 6.07) is 7.16. The zero-order chi connectivity index (χ0) is 13.7. The van der Waals surface area contributed by atoms with Crippen LogP contribution < -0.4 is 5.32 Å². The van der Waals surface area contributed by atoms with Gasteiger partial charge in [0, 0.05) is 11.3 Å². The zero-order valence-electron chi connectivity index (χ0n) is 10.3. The Hall–Kier alpha value is -2.16. The number of thiazole rings is 1. The molecule has 0 aliphatic carbocycles. The van der Waals surface area contributed by atoms with Crippen LogP contribution in [0.25, 0.3) is 0 Å². The maximum Gasteiger partial charge on any atom is 0.267 e. The van der Waals surface area contributed by atoms with Gasteiger partial charge in [0.25, 0.3) is 5.91 Å². The standard InChI is InChI=1S/C14H12N2O2S/c1-10-15-9-13(19-10)14(18)16-12-6-2-4-11(8-12)5-3-7-17/h2,4,6,8-9,17H,7H2,1H3,(H,16,18). The Morgan fingerprint density at radius 3 is 3.05 bits per heavy atom. The van der Waals surface area contributed by atoms with E-state index in [9.17, 15) is 4.79 Å². The first-order valence-electron chi connectivity index (χ1n) is 5.62. The summed E-state index contributed by atoms with van der Waals surface area (Å²) in [5, 5.41) is 12.3. The van der Waals surface area contributed by atoms with Gasteiger partial charge < -0.3 is 10.4 Å². The van der Waals surface area contributed by atoms with Crippen LogP contribution in [0.2, 0.25) is 0 Å². The van der Waals surface area contributed by atoms with Gasteiger partial charge in [-0.1, -0.05) is 17.9 Å². The van der Waals surface area contributed by atoms with E-state index in [0.29, 0.717) is 10.6 Å². The first kappa shape index (κ1) is 13.3. The number of hydrogen-bond acceptors (Lipinski definition) is 4. The minimum atomic E-state index is -0.184. The van der Waals surface area contributed by atoms with Crippen LogP contribution in [-0.4, -0.2) is 22.6 Å². The third-order valence-corrected chi connectivity index (χ3v) is 3.19. The van der Waals surface area contributed by atoms with E-state index in [2.05, 4.69) is 22.1 Å². The smallest absolute Gasteiger partial charge is 0.267 e. The second-order valence-corrected chi connectivity index (χ2v) is 4.97. The van der Waals surface area contributed by atoms with Crippen molar-refractivity contribution in [2.24, 2.45) is 0 Å². The van der Waals surface area contributed by atoms with Crippen LogP contribution in [0, 0.1) is 18.8 Å². The molecule has 0 aliphatic rings. The molecule has 5 heteroatoms. The monoisotopic (exact) mass is 272 g/mol. The molecule has 0 unspecified atom stereocenters.